The number of hydrogen-bond donors (Lipinski definition) is 3. The highest BCUT2D eigenvalue weighted by molar-refractivity contribution is 6.09. The predicted octanol–water partition coefficient (Wildman–Crippen LogP) is 0.607. The van der Waals surface area contributed by atoms with Crippen molar-refractivity contribution in [1.82, 2.24) is 0 Å². The normalized spacial score (nSPS) is 25.3. The summed E-state index contributed by atoms with van der Waals surface area (Å²) in [6.45, 7) is -0.155. The molecule has 0 aliphatic carbocycles. The van der Waals surface area contributed by atoms with Crippen LogP contribution in [0.5, 0.6) is 5.75 Å². The van der Waals surface area contributed by atoms with Crippen LogP contribution >= 0.6 is 0 Å². The molecule has 134 valence electrons. The quantitative estimate of drug-likeness (QED) is 0.687. The third kappa shape index (κ3) is 3.74. The number of nitriles is 1. The van der Waals surface area contributed by atoms with E-state index in [1.807, 2.05) is 6.07 Å². The molecule has 1 saturated heterocycles. The molecule has 1 aliphatic rings. The molecule has 0 aromatic heterocycles. The van der Waals surface area contributed by atoms with Crippen LogP contribution < -0.4 is 4.74 Å². The summed E-state index contributed by atoms with van der Waals surface area (Å²) in [5.74, 6) is 0.141. The summed E-state index contributed by atoms with van der Waals surface area (Å²) < 4.78 is 10.6. The Morgan fingerprint density at radius 2 is 1.58 bits per heavy atom. The van der Waals surface area contributed by atoms with Gasteiger partial charge < -0.3 is 24.8 Å². The minimum Gasteiger partial charge on any atom is -0.462 e. The molecule has 0 spiro atoms. The van der Waals surface area contributed by atoms with Crippen molar-refractivity contribution in [2.75, 3.05) is 6.61 Å². The molecular weight excluding hydrogens is 338 g/mol. The van der Waals surface area contributed by atoms with E-state index in [9.17, 15) is 20.1 Å². The third-order valence-electron chi connectivity index (χ3n) is 4.10. The molecule has 0 bridgehead atoms. The Morgan fingerprint density at radius 3 is 2.15 bits per heavy atom. The first-order valence-electron chi connectivity index (χ1n) is 7.97. The summed E-state index contributed by atoms with van der Waals surface area (Å²) in [6.07, 6.45) is -5.03. The fourth-order valence-corrected chi connectivity index (χ4v) is 2.56. The second kappa shape index (κ2) is 7.64. The molecule has 1 fully saturated rings. The summed E-state index contributed by atoms with van der Waals surface area (Å²) in [5, 5.41) is 37.7. The standard InChI is InChI=1S/C19H17NO6/c20-9-11-1-3-12(4-2-11)16(22)13-5-7-14(8-6-13)26-19-18(24)17(23)15(21)10-25-19/h1-8,15,17-19,21,23-24H,10H2/t15-,17-,18+,19+/m1/s1. The van der Waals surface area contributed by atoms with Crippen LogP contribution in [0.4, 0.5) is 0 Å². The van der Waals surface area contributed by atoms with Crippen LogP contribution in [-0.4, -0.2) is 52.3 Å². The van der Waals surface area contributed by atoms with Gasteiger partial charge in [0.2, 0.25) is 6.29 Å². The Kier molecular flexibility index (Phi) is 5.30. The van der Waals surface area contributed by atoms with E-state index in [1.165, 1.54) is 0 Å². The summed E-state index contributed by atoms with van der Waals surface area (Å²) in [7, 11) is 0. The maximum atomic E-state index is 12.4. The number of carbonyl (C=O) groups is 1. The van der Waals surface area contributed by atoms with Gasteiger partial charge >= 0.3 is 0 Å². The molecule has 0 radical (unpaired) electrons. The van der Waals surface area contributed by atoms with E-state index in [4.69, 9.17) is 14.7 Å². The van der Waals surface area contributed by atoms with Crippen molar-refractivity contribution in [3.63, 3.8) is 0 Å². The lowest BCUT2D eigenvalue weighted by Crippen LogP contribution is -2.54. The van der Waals surface area contributed by atoms with Crippen molar-refractivity contribution in [3.8, 4) is 11.8 Å². The van der Waals surface area contributed by atoms with Crippen molar-refractivity contribution in [1.29, 1.82) is 5.26 Å². The smallest absolute Gasteiger partial charge is 0.228 e. The van der Waals surface area contributed by atoms with Gasteiger partial charge in [-0.15, -0.1) is 0 Å². The van der Waals surface area contributed by atoms with Crippen LogP contribution in [0, 0.1) is 11.3 Å². The molecular formula is C19H17NO6. The average Bonchev–Trinajstić information content (AvgIpc) is 2.68. The maximum absolute atomic E-state index is 12.4. The van der Waals surface area contributed by atoms with E-state index in [0.717, 1.165) is 0 Å². The Labute approximate surface area is 149 Å². The van der Waals surface area contributed by atoms with Crippen molar-refractivity contribution in [2.24, 2.45) is 0 Å². The van der Waals surface area contributed by atoms with Gasteiger partial charge in [0.25, 0.3) is 0 Å². The number of aliphatic hydroxyl groups excluding tert-OH is 3. The second-order valence-electron chi connectivity index (χ2n) is 5.91. The first-order valence-corrected chi connectivity index (χ1v) is 7.97. The van der Waals surface area contributed by atoms with Crippen LogP contribution in [-0.2, 0) is 4.74 Å². The van der Waals surface area contributed by atoms with Gasteiger partial charge in [-0.1, -0.05) is 0 Å². The SMILES string of the molecule is N#Cc1ccc(C(=O)c2ccc(O[C@@H]3OC[C@@H](O)[C@@H](O)[C@@H]3O)cc2)cc1. The van der Waals surface area contributed by atoms with Gasteiger partial charge in [0, 0.05) is 11.1 Å². The van der Waals surface area contributed by atoms with Crippen LogP contribution in [0.3, 0.4) is 0 Å². The number of aliphatic hydroxyl groups is 3. The number of carbonyl (C=O) groups excluding carboxylic acids is 1. The van der Waals surface area contributed by atoms with Gasteiger partial charge in [-0.25, -0.2) is 0 Å². The molecule has 26 heavy (non-hydrogen) atoms. The molecule has 1 aliphatic heterocycles. The predicted molar refractivity (Wildman–Crippen MR) is 89.4 cm³/mol. The first kappa shape index (κ1) is 18.0. The van der Waals surface area contributed by atoms with Crippen LogP contribution in [0.1, 0.15) is 21.5 Å². The molecule has 3 rings (SSSR count). The molecule has 2 aromatic rings. The van der Waals surface area contributed by atoms with Crippen LogP contribution in [0.15, 0.2) is 48.5 Å². The topological polar surface area (TPSA) is 120 Å². The van der Waals surface area contributed by atoms with Crippen molar-refractivity contribution >= 4 is 5.78 Å². The van der Waals surface area contributed by atoms with E-state index < -0.39 is 24.6 Å². The number of ketones is 1. The van der Waals surface area contributed by atoms with Gasteiger partial charge in [0.15, 0.2) is 5.78 Å². The molecule has 7 nitrogen and oxygen atoms in total. The average molecular weight is 355 g/mol. The highest BCUT2D eigenvalue weighted by atomic mass is 16.7. The first-order chi connectivity index (χ1) is 12.5. The Hall–Kier alpha value is -2.76. The van der Waals surface area contributed by atoms with E-state index in [1.54, 1.807) is 48.5 Å². The summed E-state index contributed by atoms with van der Waals surface area (Å²) in [4.78, 5) is 12.4. The van der Waals surface area contributed by atoms with Gasteiger partial charge in [0.05, 0.1) is 18.2 Å². The highest BCUT2D eigenvalue weighted by Crippen LogP contribution is 2.22. The zero-order chi connectivity index (χ0) is 18.7. The van der Waals surface area contributed by atoms with Crippen molar-refractivity contribution in [2.45, 2.75) is 24.6 Å². The Bertz CT molecular complexity index is 811. The highest BCUT2D eigenvalue weighted by Gasteiger charge is 2.38. The molecule has 7 heteroatoms. The molecule has 4 atom stereocenters. The maximum Gasteiger partial charge on any atom is 0.228 e. The van der Waals surface area contributed by atoms with Crippen LogP contribution in [0.2, 0.25) is 0 Å². The summed E-state index contributed by atoms with van der Waals surface area (Å²) in [5.41, 5.74) is 1.37. The molecule has 1 heterocycles. The lowest BCUT2D eigenvalue weighted by molar-refractivity contribution is -0.242. The van der Waals surface area contributed by atoms with E-state index >= 15 is 0 Å². The molecule has 0 amide bonds. The monoisotopic (exact) mass is 355 g/mol. The van der Waals surface area contributed by atoms with E-state index in [-0.39, 0.29) is 12.4 Å². The summed E-state index contributed by atoms with van der Waals surface area (Å²) >= 11 is 0. The van der Waals surface area contributed by atoms with E-state index in [0.29, 0.717) is 22.4 Å². The fraction of sp³-hybridized carbons (Fsp3) is 0.263. The lowest BCUT2D eigenvalue weighted by atomic mass is 10.0. The molecule has 2 aromatic carbocycles. The van der Waals surface area contributed by atoms with E-state index in [2.05, 4.69) is 0 Å². The number of nitrogens with zero attached hydrogens (tertiary/aromatic N) is 1. The number of hydrogen-bond acceptors (Lipinski definition) is 7. The zero-order valence-electron chi connectivity index (χ0n) is 13.6. The molecule has 0 saturated carbocycles. The van der Waals surface area contributed by atoms with Crippen molar-refractivity contribution < 1.29 is 29.6 Å². The Balaban J connectivity index is 1.68. The molecule has 0 unspecified atom stereocenters. The molecule has 3 N–H and O–H groups in total. The van der Waals surface area contributed by atoms with Gasteiger partial charge in [-0.05, 0) is 48.5 Å². The Morgan fingerprint density at radius 1 is 1.00 bits per heavy atom. The third-order valence-corrected chi connectivity index (χ3v) is 4.10. The van der Waals surface area contributed by atoms with Gasteiger partial charge in [-0.2, -0.15) is 5.26 Å². The minimum absolute atomic E-state index is 0.155. The summed E-state index contributed by atoms with van der Waals surface area (Å²) in [6, 6.07) is 14.5. The van der Waals surface area contributed by atoms with Crippen molar-refractivity contribution in [3.05, 3.63) is 65.2 Å². The number of benzene rings is 2. The number of rotatable bonds is 4. The van der Waals surface area contributed by atoms with Crippen LogP contribution in [0.25, 0.3) is 0 Å². The lowest BCUT2D eigenvalue weighted by Gasteiger charge is -2.34. The largest absolute Gasteiger partial charge is 0.462 e. The number of ether oxygens (including phenoxy) is 2. The van der Waals surface area contributed by atoms with Gasteiger partial charge in [0.1, 0.15) is 24.1 Å². The zero-order valence-corrected chi connectivity index (χ0v) is 13.6. The van der Waals surface area contributed by atoms with Gasteiger partial charge in [-0.3, -0.25) is 4.79 Å². The fourth-order valence-electron chi connectivity index (χ4n) is 2.56. The minimum atomic E-state index is -1.39. The second-order valence-corrected chi connectivity index (χ2v) is 5.91.